The molecule has 0 spiro atoms. The number of benzene rings is 1. The molecule has 9 nitrogen and oxygen atoms in total. The van der Waals surface area contributed by atoms with E-state index in [1.807, 2.05) is 37.3 Å². The Morgan fingerprint density at radius 3 is 2.78 bits per heavy atom. The van der Waals surface area contributed by atoms with Crippen molar-refractivity contribution in [2.24, 2.45) is 5.73 Å². The molecule has 3 aromatic heterocycles. The Labute approximate surface area is 211 Å². The van der Waals surface area contributed by atoms with E-state index in [-0.39, 0.29) is 24.0 Å². The fourth-order valence-corrected chi connectivity index (χ4v) is 5.83. The number of rotatable bonds is 5. The Bertz CT molecular complexity index is 1490. The van der Waals surface area contributed by atoms with E-state index in [0.29, 0.717) is 38.4 Å². The molecule has 36 heavy (non-hydrogen) atoms. The minimum absolute atomic E-state index is 0.0403. The highest BCUT2D eigenvalue weighted by molar-refractivity contribution is 7.21. The second kappa shape index (κ2) is 8.89. The van der Waals surface area contributed by atoms with E-state index in [9.17, 15) is 9.59 Å². The van der Waals surface area contributed by atoms with E-state index in [4.69, 9.17) is 10.5 Å². The van der Waals surface area contributed by atoms with Gasteiger partial charge in [-0.05, 0) is 49.9 Å². The molecule has 2 atom stereocenters. The van der Waals surface area contributed by atoms with Crippen LogP contribution in [0.4, 0.5) is 21.9 Å². The molecule has 0 radical (unpaired) electrons. The number of nitrogens with one attached hydrogen (secondary N) is 2. The molecule has 4 aromatic rings. The average Bonchev–Trinajstić information content (AvgIpc) is 3.44. The van der Waals surface area contributed by atoms with Crippen molar-refractivity contribution >= 4 is 50.6 Å². The van der Waals surface area contributed by atoms with Gasteiger partial charge in [-0.1, -0.05) is 18.2 Å². The Balaban J connectivity index is 1.34. The summed E-state index contributed by atoms with van der Waals surface area (Å²) in [6, 6.07) is 12.7. The summed E-state index contributed by atoms with van der Waals surface area (Å²) in [4.78, 5) is 38.1. The second-order valence-corrected chi connectivity index (χ2v) is 10.0. The number of carbonyl (C=O) groups is 2. The van der Waals surface area contributed by atoms with E-state index in [1.165, 1.54) is 11.3 Å². The summed E-state index contributed by atoms with van der Waals surface area (Å²) in [5.74, 6) is 0.894. The van der Waals surface area contributed by atoms with Crippen LogP contribution < -0.4 is 26.0 Å². The van der Waals surface area contributed by atoms with Crippen molar-refractivity contribution in [1.29, 1.82) is 0 Å². The molecule has 1 saturated carbocycles. The summed E-state index contributed by atoms with van der Waals surface area (Å²) < 4.78 is 5.84. The van der Waals surface area contributed by atoms with Gasteiger partial charge in [0.25, 0.3) is 5.91 Å². The number of pyridine rings is 2. The van der Waals surface area contributed by atoms with E-state index < -0.39 is 0 Å². The highest BCUT2D eigenvalue weighted by Gasteiger charge is 2.34. The Kier molecular flexibility index (Phi) is 5.54. The molecule has 1 aliphatic heterocycles. The van der Waals surface area contributed by atoms with Crippen LogP contribution in [0.2, 0.25) is 0 Å². The maximum Gasteiger partial charge on any atom is 0.331 e. The number of nitrogens with two attached hydrogens (primary N) is 1. The lowest BCUT2D eigenvalue weighted by atomic mass is 10.1. The number of urea groups is 1. The molecule has 4 N–H and O–H groups in total. The van der Waals surface area contributed by atoms with Crippen LogP contribution in [0, 0.1) is 6.92 Å². The smallest absolute Gasteiger partial charge is 0.331 e. The monoisotopic (exact) mass is 500 g/mol. The summed E-state index contributed by atoms with van der Waals surface area (Å²) in [6.45, 7) is 1.90. The highest BCUT2D eigenvalue weighted by atomic mass is 32.1. The first-order valence-electron chi connectivity index (χ1n) is 11.8. The van der Waals surface area contributed by atoms with Gasteiger partial charge in [-0.15, -0.1) is 11.3 Å². The number of hydrogen-bond donors (Lipinski definition) is 3. The molecule has 0 unspecified atom stereocenters. The van der Waals surface area contributed by atoms with Crippen LogP contribution in [-0.2, 0) is 0 Å². The summed E-state index contributed by atoms with van der Waals surface area (Å²) >= 11 is 1.27. The topological polar surface area (TPSA) is 122 Å². The zero-order chi connectivity index (χ0) is 24.8. The number of amides is 3. The SMILES string of the molecule is Cc1cc(Oc2ccccc2)ncc1N1C(=O)Nc2c(C(=O)N[C@@H]3CC[C@H](N)C3)sc3nccc1c23. The van der Waals surface area contributed by atoms with Crippen molar-refractivity contribution in [1.82, 2.24) is 15.3 Å². The lowest BCUT2D eigenvalue weighted by Gasteiger charge is -2.29. The summed E-state index contributed by atoms with van der Waals surface area (Å²) in [6.07, 6.45) is 5.77. The summed E-state index contributed by atoms with van der Waals surface area (Å²) in [7, 11) is 0. The zero-order valence-electron chi connectivity index (χ0n) is 19.5. The predicted octanol–water partition coefficient (Wildman–Crippen LogP) is 5.09. The number of hydrogen-bond acceptors (Lipinski definition) is 7. The molecule has 182 valence electrons. The Morgan fingerprint density at radius 1 is 1.19 bits per heavy atom. The Morgan fingerprint density at radius 2 is 2.03 bits per heavy atom. The zero-order valence-corrected chi connectivity index (χ0v) is 20.3. The van der Waals surface area contributed by atoms with Crippen molar-refractivity contribution in [3.05, 3.63) is 65.3 Å². The lowest BCUT2D eigenvalue weighted by molar-refractivity contribution is 0.0942. The third-order valence-electron chi connectivity index (χ3n) is 6.53. The lowest BCUT2D eigenvalue weighted by Crippen LogP contribution is -2.36. The van der Waals surface area contributed by atoms with Gasteiger partial charge in [0.2, 0.25) is 5.88 Å². The molecular weight excluding hydrogens is 476 g/mol. The fraction of sp³-hybridized carbons (Fsp3) is 0.231. The van der Waals surface area contributed by atoms with Crippen LogP contribution in [0.25, 0.3) is 10.2 Å². The fourth-order valence-electron chi connectivity index (χ4n) is 4.80. The van der Waals surface area contributed by atoms with Crippen molar-refractivity contribution in [3.63, 3.8) is 0 Å². The highest BCUT2D eigenvalue weighted by Crippen LogP contribution is 2.46. The largest absolute Gasteiger partial charge is 0.439 e. The van der Waals surface area contributed by atoms with Gasteiger partial charge in [-0.3, -0.25) is 9.69 Å². The van der Waals surface area contributed by atoms with E-state index in [0.717, 1.165) is 30.2 Å². The molecule has 1 fully saturated rings. The predicted molar refractivity (Wildman–Crippen MR) is 139 cm³/mol. The van der Waals surface area contributed by atoms with Gasteiger partial charge in [-0.25, -0.2) is 14.8 Å². The van der Waals surface area contributed by atoms with Crippen molar-refractivity contribution in [3.8, 4) is 11.6 Å². The number of aryl methyl sites for hydroxylation is 1. The molecule has 6 rings (SSSR count). The number of carbonyl (C=O) groups excluding carboxylic acids is 2. The minimum Gasteiger partial charge on any atom is -0.439 e. The number of anilines is 3. The maximum absolute atomic E-state index is 13.4. The molecule has 10 heteroatoms. The van der Waals surface area contributed by atoms with Crippen LogP contribution in [0.5, 0.6) is 11.6 Å². The molecule has 1 aromatic carbocycles. The van der Waals surface area contributed by atoms with Gasteiger partial charge in [0.05, 0.1) is 28.6 Å². The number of thiophene rings is 1. The summed E-state index contributed by atoms with van der Waals surface area (Å²) in [5, 5.41) is 6.74. The number of ether oxygens (including phenoxy) is 1. The minimum atomic E-state index is -0.369. The van der Waals surface area contributed by atoms with E-state index in [1.54, 1.807) is 29.4 Å². The van der Waals surface area contributed by atoms with Gasteiger partial charge in [0, 0.05) is 24.3 Å². The van der Waals surface area contributed by atoms with E-state index in [2.05, 4.69) is 20.6 Å². The van der Waals surface area contributed by atoms with Crippen molar-refractivity contribution in [2.45, 2.75) is 38.3 Å². The molecule has 0 bridgehead atoms. The van der Waals surface area contributed by atoms with Gasteiger partial charge in [0.15, 0.2) is 0 Å². The van der Waals surface area contributed by atoms with Crippen LogP contribution in [0.3, 0.4) is 0 Å². The first kappa shape index (κ1) is 22.4. The normalized spacial score (nSPS) is 18.8. The molecule has 4 heterocycles. The second-order valence-electron chi connectivity index (χ2n) is 9.05. The van der Waals surface area contributed by atoms with Crippen molar-refractivity contribution in [2.75, 3.05) is 10.2 Å². The summed E-state index contributed by atoms with van der Waals surface area (Å²) in [5.41, 5.74) is 8.57. The Hall–Kier alpha value is -4.02. The third kappa shape index (κ3) is 3.94. The first-order valence-corrected chi connectivity index (χ1v) is 12.6. The third-order valence-corrected chi connectivity index (χ3v) is 7.62. The number of nitrogens with zero attached hydrogens (tertiary/aromatic N) is 3. The van der Waals surface area contributed by atoms with E-state index >= 15 is 0 Å². The van der Waals surface area contributed by atoms with Gasteiger partial charge in [0.1, 0.15) is 15.5 Å². The number of aromatic nitrogens is 2. The standard InChI is InChI=1S/C26H24N6O3S/c1-14-11-20(35-17-5-3-2-4-6-17)29-13-19(14)32-18-9-10-28-25-21(18)22(31-26(32)34)23(36-25)24(33)30-16-8-7-15(27)12-16/h2-6,9-11,13,15-16H,7-8,12,27H2,1H3,(H,30,33)(H,31,34)/t15-,16+/m0/s1. The maximum atomic E-state index is 13.4. The quantitative estimate of drug-likeness (QED) is 0.351. The van der Waals surface area contributed by atoms with Gasteiger partial charge >= 0.3 is 6.03 Å². The molecule has 1 aliphatic carbocycles. The van der Waals surface area contributed by atoms with Crippen LogP contribution in [0.15, 0.2) is 54.9 Å². The molecule has 2 aliphatic rings. The molecule has 3 amide bonds. The first-order chi connectivity index (χ1) is 17.5. The van der Waals surface area contributed by atoms with Gasteiger partial charge < -0.3 is 21.1 Å². The van der Waals surface area contributed by atoms with Crippen LogP contribution in [0.1, 0.15) is 34.5 Å². The van der Waals surface area contributed by atoms with Crippen LogP contribution in [-0.4, -0.2) is 34.0 Å². The van der Waals surface area contributed by atoms with Crippen LogP contribution >= 0.6 is 11.3 Å². The average molecular weight is 501 g/mol. The molecular formula is C26H24N6O3S. The number of para-hydroxylation sites is 1. The molecule has 0 saturated heterocycles. The van der Waals surface area contributed by atoms with Crippen molar-refractivity contribution < 1.29 is 14.3 Å². The van der Waals surface area contributed by atoms with Gasteiger partial charge in [-0.2, -0.15) is 0 Å².